The topological polar surface area (TPSA) is 137 Å². The van der Waals surface area contributed by atoms with Gasteiger partial charge in [-0.3, -0.25) is 9.52 Å². The molecular weight excluding hydrogens is 414 g/mol. The molecule has 2 heterocycles. The second-order valence-corrected chi connectivity index (χ2v) is 9.59. The lowest BCUT2D eigenvalue weighted by molar-refractivity contribution is -0.114. The van der Waals surface area contributed by atoms with Gasteiger partial charge in [0.05, 0.1) is 10.6 Å². The Morgan fingerprint density at radius 1 is 1.28 bits per heavy atom. The molecule has 29 heavy (non-hydrogen) atoms. The first-order chi connectivity index (χ1) is 13.5. The van der Waals surface area contributed by atoms with E-state index in [1.54, 1.807) is 6.92 Å². The molecule has 1 aromatic carbocycles. The van der Waals surface area contributed by atoms with E-state index in [4.69, 9.17) is 10.5 Å². The van der Waals surface area contributed by atoms with Gasteiger partial charge in [0, 0.05) is 0 Å². The Bertz CT molecular complexity index is 1120. The van der Waals surface area contributed by atoms with Gasteiger partial charge < -0.3 is 10.5 Å². The van der Waals surface area contributed by atoms with Crippen LogP contribution in [0.3, 0.4) is 0 Å². The van der Waals surface area contributed by atoms with Crippen LogP contribution in [0, 0.1) is 0 Å². The summed E-state index contributed by atoms with van der Waals surface area (Å²) in [5, 5.41) is 8.66. The Morgan fingerprint density at radius 2 is 1.93 bits per heavy atom. The highest BCUT2D eigenvalue weighted by Crippen LogP contribution is 2.34. The molecule has 1 aromatic heterocycles. The normalized spacial score (nSPS) is 17.4. The zero-order valence-electron chi connectivity index (χ0n) is 16.4. The summed E-state index contributed by atoms with van der Waals surface area (Å²) >= 11 is 1.18. The van der Waals surface area contributed by atoms with Gasteiger partial charge in [0.1, 0.15) is 16.2 Å². The van der Waals surface area contributed by atoms with E-state index in [0.29, 0.717) is 17.7 Å². The molecule has 3 rings (SSSR count). The van der Waals surface area contributed by atoms with Crippen molar-refractivity contribution >= 4 is 44.0 Å². The van der Waals surface area contributed by atoms with Crippen LogP contribution in [0.5, 0.6) is 0 Å². The molecule has 0 saturated carbocycles. The fraction of sp³-hybridized carbons (Fsp3) is 0.333. The maximum absolute atomic E-state index is 12.5. The van der Waals surface area contributed by atoms with E-state index in [1.807, 2.05) is 20.8 Å². The molecule has 2 aromatic rings. The van der Waals surface area contributed by atoms with Crippen molar-refractivity contribution < 1.29 is 17.9 Å². The number of hydrogen-bond acceptors (Lipinski definition) is 8. The van der Waals surface area contributed by atoms with Crippen LogP contribution in [-0.4, -0.2) is 36.0 Å². The van der Waals surface area contributed by atoms with Crippen molar-refractivity contribution in [1.29, 1.82) is 0 Å². The number of nitrogens with two attached hydrogens (primary N) is 1. The van der Waals surface area contributed by atoms with Crippen LogP contribution < -0.4 is 10.5 Å². The molecule has 0 unspecified atom stereocenters. The van der Waals surface area contributed by atoms with Crippen LogP contribution in [-0.2, 0) is 26.0 Å². The van der Waals surface area contributed by atoms with E-state index in [2.05, 4.69) is 19.9 Å². The van der Waals surface area contributed by atoms with E-state index in [-0.39, 0.29) is 21.5 Å². The van der Waals surface area contributed by atoms with Crippen molar-refractivity contribution in [2.24, 2.45) is 10.7 Å². The van der Waals surface area contributed by atoms with Crippen LogP contribution in [0.1, 0.15) is 32.7 Å². The minimum atomic E-state index is -3.81. The highest BCUT2D eigenvalue weighted by Gasteiger charge is 2.38. The summed E-state index contributed by atoms with van der Waals surface area (Å²) in [6, 6.07) is 5.84. The van der Waals surface area contributed by atoms with Gasteiger partial charge in [-0.25, -0.2) is 13.4 Å². The Kier molecular flexibility index (Phi) is 5.46. The molecule has 1 aliphatic rings. The molecule has 1 amide bonds. The first-order valence-electron chi connectivity index (χ1n) is 8.78. The lowest BCUT2D eigenvalue weighted by Crippen LogP contribution is -2.21. The number of ether oxygens (including phenoxy) is 1. The van der Waals surface area contributed by atoms with E-state index in [9.17, 15) is 13.2 Å². The molecule has 0 saturated heterocycles. The van der Waals surface area contributed by atoms with Crippen molar-refractivity contribution in [3.63, 3.8) is 0 Å². The summed E-state index contributed by atoms with van der Waals surface area (Å²) in [6.07, 6.45) is 0.675. The molecule has 0 atom stereocenters. The highest BCUT2D eigenvalue weighted by atomic mass is 32.2. The highest BCUT2D eigenvalue weighted by molar-refractivity contribution is 7.93. The first kappa shape index (κ1) is 20.9. The molecular formula is C18H21N5O4S2. The quantitative estimate of drug-likeness (QED) is 0.715. The number of nitrogens with zero attached hydrogens (tertiary/aromatic N) is 3. The van der Waals surface area contributed by atoms with Crippen LogP contribution in [0.25, 0.3) is 0 Å². The summed E-state index contributed by atoms with van der Waals surface area (Å²) in [7, 11) is -3.81. The zero-order valence-corrected chi connectivity index (χ0v) is 18.0. The molecule has 0 spiro atoms. The van der Waals surface area contributed by atoms with Crippen LogP contribution in [0.2, 0.25) is 0 Å². The average Bonchev–Trinajstić information content (AvgIpc) is 3.16. The maximum atomic E-state index is 12.5. The number of rotatable bonds is 6. The van der Waals surface area contributed by atoms with E-state index >= 15 is 0 Å². The first-order valence-corrected chi connectivity index (χ1v) is 11.1. The maximum Gasteiger partial charge on any atom is 0.263 e. The van der Waals surface area contributed by atoms with Gasteiger partial charge >= 0.3 is 0 Å². The second-order valence-electron chi connectivity index (χ2n) is 6.85. The van der Waals surface area contributed by atoms with Crippen LogP contribution in [0.15, 0.2) is 45.3 Å². The molecule has 9 nitrogen and oxygen atoms in total. The van der Waals surface area contributed by atoms with E-state index < -0.39 is 21.5 Å². The number of aryl methyl sites for hydroxylation is 1. The smallest absolute Gasteiger partial charge is 0.263 e. The van der Waals surface area contributed by atoms with Crippen molar-refractivity contribution in [2.75, 3.05) is 4.72 Å². The van der Waals surface area contributed by atoms with Gasteiger partial charge in [-0.05, 0) is 57.0 Å². The van der Waals surface area contributed by atoms with Gasteiger partial charge in [0.15, 0.2) is 0 Å². The minimum absolute atomic E-state index is 0.0456. The number of anilines is 1. The molecule has 154 valence electrons. The third-order valence-electron chi connectivity index (χ3n) is 4.46. The van der Waals surface area contributed by atoms with Gasteiger partial charge in [-0.15, -0.1) is 10.2 Å². The monoisotopic (exact) mass is 435 g/mol. The summed E-state index contributed by atoms with van der Waals surface area (Å²) in [5.74, 6) is -0.506. The molecule has 0 fully saturated rings. The number of aliphatic imine (C=N–C) groups is 1. The van der Waals surface area contributed by atoms with E-state index in [1.165, 1.54) is 35.6 Å². The number of sulfonamides is 1. The summed E-state index contributed by atoms with van der Waals surface area (Å²) in [4.78, 5) is 16.2. The molecule has 0 bridgehead atoms. The van der Waals surface area contributed by atoms with Crippen LogP contribution >= 0.6 is 11.3 Å². The molecule has 11 heteroatoms. The van der Waals surface area contributed by atoms with Gasteiger partial charge in [0.2, 0.25) is 11.0 Å². The zero-order chi connectivity index (χ0) is 21.4. The predicted octanol–water partition coefficient (Wildman–Crippen LogP) is 2.54. The Balaban J connectivity index is 1.85. The largest absolute Gasteiger partial charge is 0.466 e. The fourth-order valence-corrected chi connectivity index (χ4v) is 4.54. The number of hydrogen-bond donors (Lipinski definition) is 2. The van der Waals surface area contributed by atoms with Crippen molar-refractivity contribution in [2.45, 2.75) is 44.6 Å². The Morgan fingerprint density at radius 3 is 2.48 bits per heavy atom. The number of aromatic nitrogens is 2. The molecule has 3 N–H and O–H groups in total. The predicted molar refractivity (Wildman–Crippen MR) is 111 cm³/mol. The fourth-order valence-electron chi connectivity index (χ4n) is 2.63. The van der Waals surface area contributed by atoms with Crippen molar-refractivity contribution in [3.05, 3.63) is 40.4 Å². The lowest BCUT2D eigenvalue weighted by atomic mass is 9.97. The van der Waals surface area contributed by atoms with Crippen molar-refractivity contribution in [3.8, 4) is 0 Å². The Hall–Kier alpha value is -2.79. The van der Waals surface area contributed by atoms with Crippen LogP contribution in [0.4, 0.5) is 10.8 Å². The standard InChI is InChI=1S/C18H21N5O4S2/c1-5-13-21-22-17(28-13)23-29(25,26)12-8-6-11(7-9-12)20-16-14(15(19)24)10(2)18(3,4)27-16/h6-9H,5H2,1-4H3,(H2,19,24)(H,22,23). The molecule has 1 aliphatic heterocycles. The van der Waals surface area contributed by atoms with E-state index in [0.717, 1.165) is 5.01 Å². The number of primary amides is 1. The number of carbonyl (C=O) groups excluding carboxylic acids is 1. The summed E-state index contributed by atoms with van der Waals surface area (Å²) in [5.41, 5.74) is 6.11. The van der Waals surface area contributed by atoms with Gasteiger partial charge in [0.25, 0.3) is 15.9 Å². The second kappa shape index (κ2) is 7.56. The summed E-state index contributed by atoms with van der Waals surface area (Å²) in [6.45, 7) is 7.30. The SMILES string of the molecule is CCc1nnc(NS(=O)(=O)c2ccc(N=C3OC(C)(C)C(C)=C3C(N)=O)cc2)s1. The van der Waals surface area contributed by atoms with Gasteiger partial charge in [-0.1, -0.05) is 18.3 Å². The minimum Gasteiger partial charge on any atom is -0.466 e. The van der Waals surface area contributed by atoms with Gasteiger partial charge in [-0.2, -0.15) is 0 Å². The number of benzene rings is 1. The number of nitrogens with one attached hydrogen (secondary N) is 1. The molecule has 0 aliphatic carbocycles. The Labute approximate surface area is 172 Å². The van der Waals surface area contributed by atoms with Crippen molar-refractivity contribution in [1.82, 2.24) is 10.2 Å². The summed E-state index contributed by atoms with van der Waals surface area (Å²) < 4.78 is 33.2. The lowest BCUT2D eigenvalue weighted by Gasteiger charge is -2.19. The third-order valence-corrected chi connectivity index (χ3v) is 6.93. The average molecular weight is 436 g/mol. The number of amides is 1. The molecule has 0 radical (unpaired) electrons. The third kappa shape index (κ3) is 4.30. The number of carbonyl (C=O) groups is 1.